The molecule has 1 aliphatic rings. The minimum atomic E-state index is -1.33. The van der Waals surface area contributed by atoms with Gasteiger partial charge >= 0.3 is 5.97 Å². The van der Waals surface area contributed by atoms with E-state index in [0.717, 1.165) is 5.56 Å². The smallest absolute Gasteiger partial charge is 0.321 e. The van der Waals surface area contributed by atoms with E-state index in [1.807, 2.05) is 19.1 Å². The molecular formula is C19H23NO4. The number of hydrogen-bond donors (Lipinski definition) is 0. The Bertz CT molecular complexity index is 650. The van der Waals surface area contributed by atoms with Gasteiger partial charge in [-0.25, -0.2) is 0 Å². The fourth-order valence-electron chi connectivity index (χ4n) is 2.78. The minimum Gasteiger partial charge on any atom is -0.461 e. The molecular weight excluding hydrogens is 306 g/mol. The van der Waals surface area contributed by atoms with Crippen LogP contribution in [0.3, 0.4) is 0 Å². The van der Waals surface area contributed by atoms with Gasteiger partial charge in [0.15, 0.2) is 0 Å². The Morgan fingerprint density at radius 3 is 2.58 bits per heavy atom. The monoisotopic (exact) mass is 329 g/mol. The lowest BCUT2D eigenvalue weighted by atomic mass is 9.84. The number of carbonyl (C=O) groups is 3. The zero-order valence-corrected chi connectivity index (χ0v) is 14.2. The van der Waals surface area contributed by atoms with Crippen molar-refractivity contribution in [3.63, 3.8) is 0 Å². The minimum absolute atomic E-state index is 0.0492. The third-order valence-corrected chi connectivity index (χ3v) is 4.35. The van der Waals surface area contributed by atoms with Crippen LogP contribution < -0.4 is 0 Å². The van der Waals surface area contributed by atoms with Crippen molar-refractivity contribution in [3.8, 4) is 0 Å². The van der Waals surface area contributed by atoms with Crippen LogP contribution in [0.25, 0.3) is 0 Å². The van der Waals surface area contributed by atoms with Crippen LogP contribution in [0.2, 0.25) is 0 Å². The topological polar surface area (TPSA) is 63.7 Å². The predicted octanol–water partition coefficient (Wildman–Crippen LogP) is 2.88. The molecule has 1 saturated heterocycles. The van der Waals surface area contributed by atoms with Crippen LogP contribution in [0.1, 0.15) is 42.1 Å². The molecule has 1 aromatic carbocycles. The second kappa shape index (κ2) is 7.43. The second-order valence-corrected chi connectivity index (χ2v) is 6.30. The predicted molar refractivity (Wildman–Crippen MR) is 90.3 cm³/mol. The molecule has 5 heteroatoms. The molecule has 1 heterocycles. The highest BCUT2D eigenvalue weighted by molar-refractivity contribution is 6.12. The molecule has 1 unspecified atom stereocenters. The van der Waals surface area contributed by atoms with Crippen molar-refractivity contribution < 1.29 is 19.1 Å². The summed E-state index contributed by atoms with van der Waals surface area (Å²) in [5.41, 5.74) is 0.143. The van der Waals surface area contributed by atoms with E-state index in [-0.39, 0.29) is 12.5 Å². The molecule has 0 aliphatic carbocycles. The van der Waals surface area contributed by atoms with Crippen molar-refractivity contribution in [2.24, 2.45) is 5.41 Å². The van der Waals surface area contributed by atoms with Crippen LogP contribution in [-0.2, 0) is 14.3 Å². The third kappa shape index (κ3) is 3.55. The van der Waals surface area contributed by atoms with E-state index in [1.165, 1.54) is 11.0 Å². The van der Waals surface area contributed by atoms with E-state index in [0.29, 0.717) is 31.4 Å². The fraction of sp³-hybridized carbons (Fsp3) is 0.421. The van der Waals surface area contributed by atoms with Gasteiger partial charge in [-0.2, -0.15) is 0 Å². The Kier molecular flexibility index (Phi) is 5.54. The quantitative estimate of drug-likeness (QED) is 0.369. The molecule has 0 spiro atoms. The second-order valence-electron chi connectivity index (χ2n) is 6.30. The summed E-state index contributed by atoms with van der Waals surface area (Å²) in [4.78, 5) is 39.2. The number of esters is 1. The van der Waals surface area contributed by atoms with Gasteiger partial charge in [0, 0.05) is 12.1 Å². The number of aryl methyl sites for hydroxylation is 1. The van der Waals surface area contributed by atoms with E-state index in [2.05, 4.69) is 6.58 Å². The summed E-state index contributed by atoms with van der Waals surface area (Å²) in [5, 5.41) is 0. The van der Waals surface area contributed by atoms with Crippen molar-refractivity contribution >= 4 is 17.8 Å². The average Bonchev–Trinajstić information content (AvgIpc) is 2.73. The normalized spacial score (nSPS) is 21.1. The summed E-state index contributed by atoms with van der Waals surface area (Å²) >= 11 is 0. The molecule has 0 saturated carbocycles. The summed E-state index contributed by atoms with van der Waals surface area (Å²) < 4.78 is 5.09. The van der Waals surface area contributed by atoms with Gasteiger partial charge in [0.25, 0.3) is 5.91 Å². The SMILES string of the molecule is C=CCOC(=O)C1(C)CCCCN(C(=O)c2ccc(C)cc2)C1=O. The number of carbonyl (C=O) groups excluding carboxylic acids is 3. The van der Waals surface area contributed by atoms with Gasteiger partial charge in [-0.05, 0) is 38.8 Å². The molecule has 1 fully saturated rings. The number of nitrogens with zero attached hydrogens (tertiary/aromatic N) is 1. The molecule has 0 bridgehead atoms. The molecule has 0 radical (unpaired) electrons. The van der Waals surface area contributed by atoms with Gasteiger partial charge < -0.3 is 4.74 Å². The molecule has 1 atom stereocenters. The zero-order chi connectivity index (χ0) is 17.7. The first-order valence-electron chi connectivity index (χ1n) is 8.11. The number of rotatable bonds is 4. The lowest BCUT2D eigenvalue weighted by molar-refractivity contribution is -0.162. The molecule has 0 aromatic heterocycles. The Hall–Kier alpha value is -2.43. The summed E-state index contributed by atoms with van der Waals surface area (Å²) in [7, 11) is 0. The van der Waals surface area contributed by atoms with Crippen molar-refractivity contribution in [2.45, 2.75) is 33.1 Å². The number of amides is 2. The fourth-order valence-corrected chi connectivity index (χ4v) is 2.78. The van der Waals surface area contributed by atoms with Gasteiger partial charge in [0.1, 0.15) is 12.0 Å². The van der Waals surface area contributed by atoms with E-state index in [4.69, 9.17) is 4.74 Å². The van der Waals surface area contributed by atoms with Gasteiger partial charge in [-0.15, -0.1) is 0 Å². The number of ether oxygens (including phenoxy) is 1. The third-order valence-electron chi connectivity index (χ3n) is 4.35. The average molecular weight is 329 g/mol. The van der Waals surface area contributed by atoms with Crippen LogP contribution >= 0.6 is 0 Å². The summed E-state index contributed by atoms with van der Waals surface area (Å²) in [5.74, 6) is -1.46. The number of hydrogen-bond acceptors (Lipinski definition) is 4. The molecule has 2 amide bonds. The molecule has 1 aliphatic heterocycles. The Balaban J connectivity index is 2.27. The number of benzene rings is 1. The Morgan fingerprint density at radius 1 is 1.29 bits per heavy atom. The van der Waals surface area contributed by atoms with Crippen LogP contribution in [0.15, 0.2) is 36.9 Å². The van der Waals surface area contributed by atoms with Crippen LogP contribution in [0.4, 0.5) is 0 Å². The summed E-state index contributed by atoms with van der Waals surface area (Å²) in [6, 6.07) is 7.05. The highest BCUT2D eigenvalue weighted by Gasteiger charge is 2.47. The molecule has 1 aromatic rings. The van der Waals surface area contributed by atoms with Crippen LogP contribution in [-0.4, -0.2) is 35.8 Å². The standard InChI is InChI=1S/C19H23NO4/c1-4-13-24-18(23)19(3)11-5-6-12-20(17(19)22)16(21)15-9-7-14(2)8-10-15/h4,7-10H,1,5-6,11-13H2,2-3H3. The Morgan fingerprint density at radius 2 is 1.96 bits per heavy atom. The van der Waals surface area contributed by atoms with Crippen molar-refractivity contribution in [3.05, 3.63) is 48.0 Å². The molecule has 128 valence electrons. The van der Waals surface area contributed by atoms with Gasteiger partial charge in [0.2, 0.25) is 5.91 Å². The maximum atomic E-state index is 12.9. The van der Waals surface area contributed by atoms with Crippen molar-refractivity contribution in [1.29, 1.82) is 0 Å². The van der Waals surface area contributed by atoms with Crippen molar-refractivity contribution in [2.75, 3.05) is 13.2 Å². The lowest BCUT2D eigenvalue weighted by Crippen LogP contribution is -2.48. The first-order valence-corrected chi connectivity index (χ1v) is 8.11. The maximum absolute atomic E-state index is 12.9. The largest absolute Gasteiger partial charge is 0.461 e. The zero-order valence-electron chi connectivity index (χ0n) is 14.2. The van der Waals surface area contributed by atoms with E-state index < -0.39 is 17.3 Å². The summed E-state index contributed by atoms with van der Waals surface area (Å²) in [6.45, 7) is 7.35. The van der Waals surface area contributed by atoms with E-state index >= 15 is 0 Å². The lowest BCUT2D eigenvalue weighted by Gasteiger charge is -2.29. The molecule has 2 rings (SSSR count). The molecule has 24 heavy (non-hydrogen) atoms. The van der Waals surface area contributed by atoms with Crippen LogP contribution in [0.5, 0.6) is 0 Å². The van der Waals surface area contributed by atoms with E-state index in [9.17, 15) is 14.4 Å². The first kappa shape index (κ1) is 17.9. The van der Waals surface area contributed by atoms with Gasteiger partial charge in [-0.3, -0.25) is 19.3 Å². The highest BCUT2D eigenvalue weighted by Crippen LogP contribution is 2.32. The number of imide groups is 1. The van der Waals surface area contributed by atoms with Gasteiger partial charge in [-0.1, -0.05) is 36.8 Å². The first-order chi connectivity index (χ1) is 11.4. The molecule has 0 N–H and O–H groups in total. The molecule has 5 nitrogen and oxygen atoms in total. The van der Waals surface area contributed by atoms with Crippen LogP contribution in [0, 0.1) is 12.3 Å². The highest BCUT2D eigenvalue weighted by atomic mass is 16.5. The number of likely N-dealkylation sites (tertiary alicyclic amines) is 1. The summed E-state index contributed by atoms with van der Waals surface area (Å²) in [6.07, 6.45) is 3.19. The van der Waals surface area contributed by atoms with Crippen molar-refractivity contribution in [1.82, 2.24) is 4.90 Å². The maximum Gasteiger partial charge on any atom is 0.321 e. The van der Waals surface area contributed by atoms with Gasteiger partial charge in [0.05, 0.1) is 0 Å². The van der Waals surface area contributed by atoms with E-state index in [1.54, 1.807) is 19.1 Å². The Labute approximate surface area is 142 Å².